The number of rotatable bonds is 7. The van der Waals surface area contributed by atoms with Gasteiger partial charge in [0.05, 0.1) is 9.82 Å². The molecule has 11 nitrogen and oxygen atoms in total. The second kappa shape index (κ2) is 8.16. The van der Waals surface area contributed by atoms with Gasteiger partial charge in [0.25, 0.3) is 5.69 Å². The first-order chi connectivity index (χ1) is 11.7. The predicted molar refractivity (Wildman–Crippen MR) is 89.4 cm³/mol. The van der Waals surface area contributed by atoms with Crippen molar-refractivity contribution < 1.29 is 26.3 Å². The Hall–Kier alpha value is -1.64. The van der Waals surface area contributed by atoms with Gasteiger partial charge in [-0.05, 0) is 25.0 Å². The summed E-state index contributed by atoms with van der Waals surface area (Å²) >= 11 is -2.32. The molecule has 0 saturated carbocycles. The van der Waals surface area contributed by atoms with Crippen molar-refractivity contribution >= 4 is 32.8 Å². The van der Waals surface area contributed by atoms with Crippen LogP contribution in [0.25, 0.3) is 0 Å². The summed E-state index contributed by atoms with van der Waals surface area (Å²) in [5.41, 5.74) is -0.156. The van der Waals surface area contributed by atoms with Crippen LogP contribution >= 0.6 is 0 Å². The normalized spacial score (nSPS) is 18.0. The van der Waals surface area contributed by atoms with Gasteiger partial charge in [-0.15, -0.1) is 0 Å². The topological polar surface area (TPSA) is 165 Å². The lowest BCUT2D eigenvalue weighted by atomic mass is 10.0. The largest absolute Gasteiger partial charge is 0.377 e. The van der Waals surface area contributed by atoms with E-state index in [2.05, 4.69) is 9.50 Å². The molecular formula is C12H18N4O7S2. The number of sulfonamides is 1. The molecule has 1 saturated heterocycles. The van der Waals surface area contributed by atoms with E-state index in [0.29, 0.717) is 25.9 Å². The van der Waals surface area contributed by atoms with E-state index >= 15 is 0 Å². The number of piperidine rings is 1. The van der Waals surface area contributed by atoms with Crippen LogP contribution in [-0.2, 0) is 25.6 Å². The summed E-state index contributed by atoms with van der Waals surface area (Å²) < 4.78 is 46.3. The molecule has 0 amide bonds. The predicted octanol–water partition coefficient (Wildman–Crippen LogP) is 0.229. The zero-order valence-electron chi connectivity index (χ0n) is 13.0. The van der Waals surface area contributed by atoms with Crippen molar-refractivity contribution in [3.05, 3.63) is 28.3 Å². The molecule has 0 aromatic heterocycles. The number of nitrogens with two attached hydrogens (primary N) is 1. The van der Waals surface area contributed by atoms with E-state index in [9.17, 15) is 22.7 Å². The molecule has 25 heavy (non-hydrogen) atoms. The van der Waals surface area contributed by atoms with Crippen molar-refractivity contribution in [3.8, 4) is 0 Å². The van der Waals surface area contributed by atoms with Crippen LogP contribution in [0.3, 0.4) is 0 Å². The second-order valence-corrected chi connectivity index (χ2v) is 7.71. The van der Waals surface area contributed by atoms with E-state index in [0.717, 1.165) is 6.07 Å². The number of nitro groups is 1. The number of anilines is 1. The molecule has 1 unspecified atom stereocenters. The highest BCUT2D eigenvalue weighted by Gasteiger charge is 2.24. The number of likely N-dealkylation sites (tertiary alicyclic amines) is 1. The molecule has 0 aliphatic carbocycles. The molecule has 0 bridgehead atoms. The minimum Gasteiger partial charge on any atom is -0.377 e. The first-order valence-corrected chi connectivity index (χ1v) is 9.79. The molecule has 140 valence electrons. The van der Waals surface area contributed by atoms with Gasteiger partial charge in [-0.2, -0.15) is 4.21 Å². The fraction of sp³-hybridized carbons (Fsp3) is 0.500. The van der Waals surface area contributed by atoms with E-state index in [1.807, 2.05) is 4.90 Å². The summed E-state index contributed by atoms with van der Waals surface area (Å²) in [6.07, 6.45) is 1.27. The number of nitrogens with zero attached hydrogens (tertiary/aromatic N) is 2. The van der Waals surface area contributed by atoms with Gasteiger partial charge in [-0.25, -0.2) is 13.6 Å². The molecule has 1 fully saturated rings. The minimum atomic E-state index is -4.03. The standard InChI is InChI=1S/C12H18N4O7S2/c13-25(21,22)10-1-2-11(12(7-10)16(17)18)14-9-3-5-15(6-4-9)8-23-24(19)20/h1-2,7,9,14H,3-6,8H2,(H,19,20)(H2,13,21,22). The number of hydrogen-bond donors (Lipinski definition) is 3. The van der Waals surface area contributed by atoms with Crippen molar-refractivity contribution in [2.75, 3.05) is 25.1 Å². The Bertz CT molecular complexity index is 763. The number of primary sulfonamides is 1. The van der Waals surface area contributed by atoms with Crippen LogP contribution in [0.5, 0.6) is 0 Å². The minimum absolute atomic E-state index is 0.0268. The molecule has 0 spiro atoms. The Morgan fingerprint density at radius 1 is 1.44 bits per heavy atom. The van der Waals surface area contributed by atoms with E-state index < -0.39 is 26.3 Å². The van der Waals surface area contributed by atoms with Crippen LogP contribution in [0, 0.1) is 10.1 Å². The van der Waals surface area contributed by atoms with Gasteiger partial charge >= 0.3 is 11.4 Å². The molecule has 0 radical (unpaired) electrons. The fourth-order valence-corrected chi connectivity index (χ4v) is 3.28. The second-order valence-electron chi connectivity index (χ2n) is 5.48. The van der Waals surface area contributed by atoms with Crippen molar-refractivity contribution in [1.29, 1.82) is 0 Å². The van der Waals surface area contributed by atoms with E-state index in [4.69, 9.17) is 9.69 Å². The highest BCUT2D eigenvalue weighted by atomic mass is 32.2. The van der Waals surface area contributed by atoms with Gasteiger partial charge < -0.3 is 5.32 Å². The lowest BCUT2D eigenvalue weighted by molar-refractivity contribution is -0.384. The molecule has 1 aromatic carbocycles. The third-order valence-corrected chi connectivity index (χ3v) is 5.00. The van der Waals surface area contributed by atoms with Crippen LogP contribution in [0.15, 0.2) is 23.1 Å². The van der Waals surface area contributed by atoms with E-state index in [1.165, 1.54) is 12.1 Å². The first-order valence-electron chi connectivity index (χ1n) is 7.21. The van der Waals surface area contributed by atoms with E-state index in [1.54, 1.807) is 0 Å². The molecule has 1 aromatic rings. The summed E-state index contributed by atoms with van der Waals surface area (Å²) in [6, 6.07) is 3.40. The third kappa shape index (κ3) is 5.69. The molecule has 2 rings (SSSR count). The summed E-state index contributed by atoms with van der Waals surface area (Å²) in [6.45, 7) is 1.19. The average molecular weight is 394 g/mol. The smallest absolute Gasteiger partial charge is 0.303 e. The summed E-state index contributed by atoms with van der Waals surface area (Å²) in [7, 11) is -4.03. The Morgan fingerprint density at radius 3 is 2.60 bits per heavy atom. The first kappa shape index (κ1) is 19.7. The van der Waals surface area contributed by atoms with Crippen molar-refractivity contribution in [2.24, 2.45) is 5.14 Å². The monoisotopic (exact) mass is 394 g/mol. The quantitative estimate of drug-likeness (QED) is 0.333. The number of benzene rings is 1. The zero-order valence-corrected chi connectivity index (χ0v) is 14.7. The SMILES string of the molecule is NS(=O)(=O)c1ccc(NC2CCN(COS(=O)O)CC2)c([N+](=O)[O-])c1. The van der Waals surface area contributed by atoms with Crippen LogP contribution in [-0.4, -0.2) is 52.9 Å². The zero-order chi connectivity index (χ0) is 18.6. The van der Waals surface area contributed by atoms with Gasteiger partial charge in [0.15, 0.2) is 0 Å². The molecule has 4 N–H and O–H groups in total. The van der Waals surface area contributed by atoms with Gasteiger partial charge in [0, 0.05) is 25.2 Å². The van der Waals surface area contributed by atoms with Gasteiger partial charge in [0.2, 0.25) is 10.0 Å². The van der Waals surface area contributed by atoms with Gasteiger partial charge in [0.1, 0.15) is 12.4 Å². The van der Waals surface area contributed by atoms with Gasteiger partial charge in [-0.1, -0.05) is 0 Å². The molecule has 1 aliphatic heterocycles. The van der Waals surface area contributed by atoms with Crippen LogP contribution in [0.1, 0.15) is 12.8 Å². The third-order valence-electron chi connectivity index (χ3n) is 3.78. The summed E-state index contributed by atoms with van der Waals surface area (Å²) in [5, 5.41) is 19.2. The lowest BCUT2D eigenvalue weighted by Crippen LogP contribution is -2.40. The molecular weight excluding hydrogens is 376 g/mol. The number of nitro benzene ring substituents is 1. The number of nitrogens with one attached hydrogen (secondary N) is 1. The Balaban J connectivity index is 2.04. The number of hydrogen-bond acceptors (Lipinski definition) is 8. The van der Waals surface area contributed by atoms with Crippen molar-refractivity contribution in [3.63, 3.8) is 0 Å². The van der Waals surface area contributed by atoms with Crippen molar-refractivity contribution in [1.82, 2.24) is 4.90 Å². The summed E-state index contributed by atoms with van der Waals surface area (Å²) in [4.78, 5) is 12.0. The maximum Gasteiger partial charge on any atom is 0.303 e. The lowest BCUT2D eigenvalue weighted by Gasteiger charge is -2.31. The Labute approximate surface area is 146 Å². The maximum atomic E-state index is 11.3. The summed E-state index contributed by atoms with van der Waals surface area (Å²) in [5.74, 6) is 0. The highest BCUT2D eigenvalue weighted by molar-refractivity contribution is 7.89. The fourth-order valence-electron chi connectivity index (χ4n) is 2.51. The average Bonchev–Trinajstić information content (AvgIpc) is 2.53. The Kier molecular flexibility index (Phi) is 6.42. The highest BCUT2D eigenvalue weighted by Crippen LogP contribution is 2.29. The van der Waals surface area contributed by atoms with Crippen molar-refractivity contribution in [2.45, 2.75) is 23.8 Å². The molecule has 1 atom stereocenters. The van der Waals surface area contributed by atoms with Crippen LogP contribution in [0.2, 0.25) is 0 Å². The Morgan fingerprint density at radius 2 is 2.08 bits per heavy atom. The molecule has 1 heterocycles. The van der Waals surface area contributed by atoms with E-state index in [-0.39, 0.29) is 29.0 Å². The van der Waals surface area contributed by atoms with Crippen LogP contribution < -0.4 is 10.5 Å². The molecule has 13 heteroatoms. The maximum absolute atomic E-state index is 11.3. The molecule has 1 aliphatic rings. The van der Waals surface area contributed by atoms with Gasteiger partial charge in [-0.3, -0.25) is 23.8 Å². The van der Waals surface area contributed by atoms with Crippen LogP contribution in [0.4, 0.5) is 11.4 Å².